The molecule has 2 rings (SSSR count). The van der Waals surface area contributed by atoms with E-state index in [1.165, 1.54) is 5.69 Å². The van der Waals surface area contributed by atoms with Crippen molar-refractivity contribution < 1.29 is 8.42 Å². The topological polar surface area (TPSA) is 51.1 Å². The van der Waals surface area contributed by atoms with Crippen LogP contribution in [0.4, 0.5) is 0 Å². The molecule has 96 valence electrons. The third kappa shape index (κ3) is 2.90. The van der Waals surface area contributed by atoms with Gasteiger partial charge in [-0.2, -0.15) is 0 Å². The van der Waals surface area contributed by atoms with Crippen molar-refractivity contribution in [3.63, 3.8) is 0 Å². The second-order valence-electron chi connectivity index (χ2n) is 5.04. The fourth-order valence-corrected chi connectivity index (χ4v) is 4.50. The van der Waals surface area contributed by atoms with Crippen LogP contribution < -0.4 is 5.32 Å². The summed E-state index contributed by atoms with van der Waals surface area (Å²) in [5, 5.41) is 3.39. The van der Waals surface area contributed by atoms with E-state index in [9.17, 15) is 8.42 Å². The van der Waals surface area contributed by atoms with E-state index in [1.807, 2.05) is 19.2 Å². The lowest BCUT2D eigenvalue weighted by Crippen LogP contribution is -2.43. The standard InChI is InChI=1S/C12H20N2O2S/c1-3-14-7-4-5-11(14)9-13-12(2)6-8-17(15,16)10-12/h4-5,7,13H,3,6,8-10H2,1-2H3. The highest BCUT2D eigenvalue weighted by Gasteiger charge is 2.37. The van der Waals surface area contributed by atoms with E-state index in [2.05, 4.69) is 22.9 Å². The first-order valence-corrected chi connectivity index (χ1v) is 7.86. The Morgan fingerprint density at radius 3 is 2.88 bits per heavy atom. The summed E-state index contributed by atoms with van der Waals surface area (Å²) >= 11 is 0. The largest absolute Gasteiger partial charge is 0.351 e. The van der Waals surface area contributed by atoms with Gasteiger partial charge in [-0.15, -0.1) is 0 Å². The lowest BCUT2D eigenvalue weighted by atomic mass is 10.0. The Kier molecular flexibility index (Phi) is 3.32. The monoisotopic (exact) mass is 256 g/mol. The highest BCUT2D eigenvalue weighted by molar-refractivity contribution is 7.91. The minimum atomic E-state index is -2.83. The zero-order valence-corrected chi connectivity index (χ0v) is 11.3. The van der Waals surface area contributed by atoms with Gasteiger partial charge < -0.3 is 9.88 Å². The van der Waals surface area contributed by atoms with Crippen LogP contribution >= 0.6 is 0 Å². The smallest absolute Gasteiger partial charge is 0.152 e. The maximum atomic E-state index is 11.5. The molecule has 1 saturated heterocycles. The molecule has 0 bridgehead atoms. The Balaban J connectivity index is 1.99. The Labute approximate surface area is 103 Å². The first-order valence-electron chi connectivity index (χ1n) is 6.04. The van der Waals surface area contributed by atoms with Gasteiger partial charge in [0.2, 0.25) is 0 Å². The molecule has 1 atom stereocenters. The van der Waals surface area contributed by atoms with E-state index in [-0.39, 0.29) is 11.3 Å². The molecule has 0 aliphatic carbocycles. The highest BCUT2D eigenvalue weighted by Crippen LogP contribution is 2.23. The quantitative estimate of drug-likeness (QED) is 0.880. The van der Waals surface area contributed by atoms with Gasteiger partial charge in [0, 0.05) is 30.5 Å². The summed E-state index contributed by atoms with van der Waals surface area (Å²) in [5.74, 6) is 0.568. The number of rotatable bonds is 4. The van der Waals surface area contributed by atoms with Gasteiger partial charge in [-0.05, 0) is 32.4 Å². The van der Waals surface area contributed by atoms with E-state index < -0.39 is 9.84 Å². The van der Waals surface area contributed by atoms with Gasteiger partial charge in [0.15, 0.2) is 9.84 Å². The van der Waals surface area contributed by atoms with Gasteiger partial charge in [-0.3, -0.25) is 0 Å². The Morgan fingerprint density at radius 2 is 2.29 bits per heavy atom. The third-order valence-electron chi connectivity index (χ3n) is 3.46. The molecule has 17 heavy (non-hydrogen) atoms. The van der Waals surface area contributed by atoms with E-state index >= 15 is 0 Å². The fourth-order valence-electron chi connectivity index (χ4n) is 2.37. The summed E-state index contributed by atoms with van der Waals surface area (Å²) in [6.45, 7) is 5.77. The lowest BCUT2D eigenvalue weighted by Gasteiger charge is -2.24. The van der Waals surface area contributed by atoms with Crippen LogP contribution in [0.25, 0.3) is 0 Å². The van der Waals surface area contributed by atoms with E-state index in [0.717, 1.165) is 13.1 Å². The minimum Gasteiger partial charge on any atom is -0.351 e. The zero-order valence-electron chi connectivity index (χ0n) is 10.4. The van der Waals surface area contributed by atoms with Crippen molar-refractivity contribution in [1.29, 1.82) is 0 Å². The number of nitrogens with one attached hydrogen (secondary N) is 1. The predicted octanol–water partition coefficient (Wildman–Crippen LogP) is 1.17. The maximum Gasteiger partial charge on any atom is 0.152 e. The van der Waals surface area contributed by atoms with Crippen LogP contribution in [0.15, 0.2) is 18.3 Å². The normalized spacial score (nSPS) is 27.4. The molecule has 1 aromatic rings. The van der Waals surface area contributed by atoms with Crippen molar-refractivity contribution >= 4 is 9.84 Å². The van der Waals surface area contributed by atoms with Crippen molar-refractivity contribution in [3.8, 4) is 0 Å². The van der Waals surface area contributed by atoms with E-state index in [1.54, 1.807) is 0 Å². The van der Waals surface area contributed by atoms with Crippen LogP contribution in [0.2, 0.25) is 0 Å². The molecule has 1 N–H and O–H groups in total. The Hall–Kier alpha value is -0.810. The van der Waals surface area contributed by atoms with Crippen LogP contribution in [0.5, 0.6) is 0 Å². The van der Waals surface area contributed by atoms with Gasteiger partial charge >= 0.3 is 0 Å². The highest BCUT2D eigenvalue weighted by atomic mass is 32.2. The molecule has 0 spiro atoms. The molecule has 5 heteroatoms. The molecule has 0 radical (unpaired) electrons. The molecule has 0 aromatic carbocycles. The fraction of sp³-hybridized carbons (Fsp3) is 0.667. The summed E-state index contributed by atoms with van der Waals surface area (Å²) in [7, 11) is -2.83. The molecule has 1 aromatic heterocycles. The maximum absolute atomic E-state index is 11.5. The number of hydrogen-bond donors (Lipinski definition) is 1. The summed E-state index contributed by atoms with van der Waals surface area (Å²) in [4.78, 5) is 0. The van der Waals surface area contributed by atoms with E-state index in [4.69, 9.17) is 0 Å². The summed E-state index contributed by atoms with van der Waals surface area (Å²) in [6, 6.07) is 4.09. The molecule has 1 aliphatic heterocycles. The first-order chi connectivity index (χ1) is 7.94. The van der Waals surface area contributed by atoms with Gasteiger partial charge in [-0.25, -0.2) is 8.42 Å². The summed E-state index contributed by atoms with van der Waals surface area (Å²) < 4.78 is 25.1. The van der Waals surface area contributed by atoms with Crippen LogP contribution in [0, 0.1) is 0 Å². The molecule has 1 unspecified atom stereocenters. The number of sulfone groups is 1. The van der Waals surface area contributed by atoms with Crippen molar-refractivity contribution in [2.24, 2.45) is 0 Å². The molecule has 1 fully saturated rings. The van der Waals surface area contributed by atoms with Crippen molar-refractivity contribution in [1.82, 2.24) is 9.88 Å². The van der Waals surface area contributed by atoms with Crippen molar-refractivity contribution in [2.45, 2.75) is 38.9 Å². The molecular weight excluding hydrogens is 236 g/mol. The molecular formula is C12H20N2O2S. The van der Waals surface area contributed by atoms with Gasteiger partial charge in [-0.1, -0.05) is 0 Å². The molecule has 4 nitrogen and oxygen atoms in total. The minimum absolute atomic E-state index is 0.257. The number of nitrogens with zero attached hydrogens (tertiary/aromatic N) is 1. The number of aromatic nitrogens is 1. The van der Waals surface area contributed by atoms with Crippen LogP contribution in [0.1, 0.15) is 26.0 Å². The molecule has 2 heterocycles. The summed E-state index contributed by atoms with van der Waals surface area (Å²) in [5.41, 5.74) is 0.944. The zero-order chi connectivity index (χ0) is 12.5. The Bertz CT molecular complexity index is 492. The SMILES string of the molecule is CCn1cccc1CNC1(C)CCS(=O)(=O)C1. The average molecular weight is 256 g/mol. The third-order valence-corrected chi connectivity index (χ3v) is 5.37. The van der Waals surface area contributed by atoms with Crippen LogP contribution in [-0.4, -0.2) is 30.0 Å². The van der Waals surface area contributed by atoms with Gasteiger partial charge in [0.1, 0.15) is 0 Å². The van der Waals surface area contributed by atoms with Crippen LogP contribution in [-0.2, 0) is 22.9 Å². The number of aryl methyl sites for hydroxylation is 1. The molecule has 1 aliphatic rings. The molecule has 0 saturated carbocycles. The van der Waals surface area contributed by atoms with Gasteiger partial charge in [0.05, 0.1) is 11.5 Å². The van der Waals surface area contributed by atoms with Crippen molar-refractivity contribution in [2.75, 3.05) is 11.5 Å². The second kappa shape index (κ2) is 4.46. The van der Waals surface area contributed by atoms with Crippen molar-refractivity contribution in [3.05, 3.63) is 24.0 Å². The molecule has 0 amide bonds. The van der Waals surface area contributed by atoms with Gasteiger partial charge in [0.25, 0.3) is 0 Å². The average Bonchev–Trinajstić information content (AvgIpc) is 2.80. The summed E-state index contributed by atoms with van der Waals surface area (Å²) in [6.07, 6.45) is 2.76. The first kappa shape index (κ1) is 12.6. The van der Waals surface area contributed by atoms with E-state index in [0.29, 0.717) is 12.2 Å². The van der Waals surface area contributed by atoms with Crippen LogP contribution in [0.3, 0.4) is 0 Å². The Morgan fingerprint density at radius 1 is 1.53 bits per heavy atom. The lowest BCUT2D eigenvalue weighted by molar-refractivity contribution is 0.389. The predicted molar refractivity (Wildman–Crippen MR) is 68.6 cm³/mol. The second-order valence-corrected chi connectivity index (χ2v) is 7.23. The number of hydrogen-bond acceptors (Lipinski definition) is 3.